The van der Waals surface area contributed by atoms with Gasteiger partial charge in [-0.2, -0.15) is 36.4 Å². The van der Waals surface area contributed by atoms with E-state index in [1.54, 1.807) is 5.19 Å². The van der Waals surface area contributed by atoms with Crippen LogP contribution in [0.5, 0.6) is 0 Å². The van der Waals surface area contributed by atoms with Crippen LogP contribution in [0.4, 0.5) is 0 Å². The average molecular weight is 321 g/mol. The molecule has 2 aromatic rings. The second-order valence-electron chi connectivity index (χ2n) is 4.39. The van der Waals surface area contributed by atoms with E-state index in [1.165, 1.54) is 0 Å². The standard InChI is InChI=1S/C8H13Si.C5H5.2ClH.Ti/c1-9(2,3)8-6-4-5-7-8;1-2-4-5-3-1;;;/h4-7H,1-3H3;1-5H;2*1H;/q2*-1;;;+4/p-2. The molecule has 0 bridgehead atoms. The first-order valence-electron chi connectivity index (χ1n) is 4.99. The maximum atomic E-state index is 2.36. The van der Waals surface area contributed by atoms with Gasteiger partial charge in [-0.15, -0.1) is 0 Å². The molecule has 0 unspecified atom stereocenters. The SMILES string of the molecule is C[Si](C)(C)c1cc[cH-]c1.[Cl-].[Cl-].[Ti+4].c1cc[cH-]c1. The van der Waals surface area contributed by atoms with Crippen molar-refractivity contribution in [3.05, 3.63) is 54.6 Å². The van der Waals surface area contributed by atoms with E-state index in [1.807, 2.05) is 30.3 Å². The fourth-order valence-corrected chi connectivity index (χ4v) is 2.39. The van der Waals surface area contributed by atoms with Crippen molar-refractivity contribution in [2.24, 2.45) is 0 Å². The maximum Gasteiger partial charge on any atom is 4.00 e. The first-order chi connectivity index (χ1) is 6.61. The van der Waals surface area contributed by atoms with Crippen LogP contribution in [0.1, 0.15) is 0 Å². The molecule has 17 heavy (non-hydrogen) atoms. The van der Waals surface area contributed by atoms with Crippen LogP contribution in [0, 0.1) is 0 Å². The van der Waals surface area contributed by atoms with Crippen LogP contribution in [0.3, 0.4) is 0 Å². The first-order valence-corrected chi connectivity index (χ1v) is 8.49. The Morgan fingerprint density at radius 2 is 1.41 bits per heavy atom. The number of rotatable bonds is 1. The van der Waals surface area contributed by atoms with Gasteiger partial charge in [0, 0.05) is 8.07 Å². The van der Waals surface area contributed by atoms with Gasteiger partial charge in [0.05, 0.1) is 0 Å². The van der Waals surface area contributed by atoms with Gasteiger partial charge in [-0.25, -0.2) is 23.4 Å². The zero-order valence-electron chi connectivity index (χ0n) is 10.5. The van der Waals surface area contributed by atoms with Gasteiger partial charge in [0.15, 0.2) is 0 Å². The summed E-state index contributed by atoms with van der Waals surface area (Å²) >= 11 is 0. The van der Waals surface area contributed by atoms with Crippen LogP contribution < -0.4 is 30.0 Å². The average Bonchev–Trinajstić information content (AvgIpc) is 2.80. The van der Waals surface area contributed by atoms with Crippen LogP contribution in [0.15, 0.2) is 54.6 Å². The molecule has 0 amide bonds. The Balaban J connectivity index is -0.000000216. The minimum absolute atomic E-state index is 0. The molecule has 0 radical (unpaired) electrons. The van der Waals surface area contributed by atoms with E-state index >= 15 is 0 Å². The van der Waals surface area contributed by atoms with Crippen LogP contribution in [0.25, 0.3) is 0 Å². The van der Waals surface area contributed by atoms with E-state index in [9.17, 15) is 0 Å². The van der Waals surface area contributed by atoms with E-state index in [4.69, 9.17) is 0 Å². The molecule has 0 nitrogen and oxygen atoms in total. The summed E-state index contributed by atoms with van der Waals surface area (Å²) in [7, 11) is -0.981. The smallest absolute Gasteiger partial charge is 1.00 e. The normalized spacial score (nSPS) is 8.65. The Morgan fingerprint density at radius 3 is 1.59 bits per heavy atom. The molecule has 0 aromatic heterocycles. The summed E-state index contributed by atoms with van der Waals surface area (Å²) in [6.07, 6.45) is 0. The van der Waals surface area contributed by atoms with Gasteiger partial charge in [0.25, 0.3) is 0 Å². The summed E-state index contributed by atoms with van der Waals surface area (Å²) in [4.78, 5) is 0. The Hall–Kier alpha value is 0.211. The summed E-state index contributed by atoms with van der Waals surface area (Å²) in [6.45, 7) is 7.09. The molecule has 0 fully saturated rings. The minimum Gasteiger partial charge on any atom is -1.00 e. The van der Waals surface area contributed by atoms with Crippen molar-refractivity contribution in [3.8, 4) is 0 Å². The third kappa shape index (κ3) is 9.87. The number of hydrogen-bond donors (Lipinski definition) is 0. The quantitative estimate of drug-likeness (QED) is 0.398. The van der Waals surface area contributed by atoms with Crippen molar-refractivity contribution in [1.29, 1.82) is 0 Å². The van der Waals surface area contributed by atoms with Gasteiger partial charge in [0.2, 0.25) is 0 Å². The molecular weight excluding hydrogens is 303 g/mol. The van der Waals surface area contributed by atoms with Crippen molar-refractivity contribution in [1.82, 2.24) is 0 Å². The largest absolute Gasteiger partial charge is 4.00 e. The zero-order chi connectivity index (χ0) is 10.4. The van der Waals surface area contributed by atoms with Gasteiger partial charge in [-0.05, 0) is 0 Å². The number of halogens is 2. The van der Waals surface area contributed by atoms with Crippen LogP contribution in [0.2, 0.25) is 19.6 Å². The zero-order valence-corrected chi connectivity index (χ0v) is 14.5. The molecule has 0 saturated carbocycles. The molecule has 92 valence electrons. The van der Waals surface area contributed by atoms with E-state index in [0.717, 1.165) is 0 Å². The van der Waals surface area contributed by atoms with Crippen LogP contribution in [-0.2, 0) is 21.7 Å². The fourth-order valence-electron chi connectivity index (χ4n) is 1.19. The molecule has 4 heteroatoms. The fraction of sp³-hybridized carbons (Fsp3) is 0.231. The van der Waals surface area contributed by atoms with Crippen molar-refractivity contribution in [3.63, 3.8) is 0 Å². The molecule has 0 N–H and O–H groups in total. The molecule has 2 aromatic carbocycles. The molecule has 0 aliphatic rings. The molecule has 0 atom stereocenters. The Kier molecular flexibility index (Phi) is 14.9. The second-order valence-corrected chi connectivity index (χ2v) is 9.46. The van der Waals surface area contributed by atoms with Crippen molar-refractivity contribution in [2.75, 3.05) is 0 Å². The molecular formula is C13H18Cl2SiTi. The van der Waals surface area contributed by atoms with Crippen molar-refractivity contribution >= 4 is 13.3 Å². The summed E-state index contributed by atoms with van der Waals surface area (Å²) in [5, 5.41) is 1.56. The topological polar surface area (TPSA) is 0 Å². The molecule has 0 spiro atoms. The first kappa shape index (κ1) is 22.4. The van der Waals surface area contributed by atoms with Crippen molar-refractivity contribution in [2.45, 2.75) is 19.6 Å². The molecule has 0 heterocycles. The van der Waals surface area contributed by atoms with E-state index in [2.05, 4.69) is 43.9 Å². The molecule has 2 rings (SSSR count). The predicted molar refractivity (Wildman–Crippen MR) is 67.1 cm³/mol. The minimum atomic E-state index is -0.981. The third-order valence-corrected chi connectivity index (χ3v) is 4.15. The summed E-state index contributed by atoms with van der Waals surface area (Å²) in [6, 6.07) is 18.7. The van der Waals surface area contributed by atoms with Gasteiger partial charge in [-0.1, -0.05) is 19.6 Å². The van der Waals surface area contributed by atoms with Gasteiger partial charge in [0.1, 0.15) is 0 Å². The van der Waals surface area contributed by atoms with E-state index < -0.39 is 8.07 Å². The number of hydrogen-bond acceptors (Lipinski definition) is 0. The van der Waals surface area contributed by atoms with E-state index in [0.29, 0.717) is 0 Å². The van der Waals surface area contributed by atoms with Crippen LogP contribution in [-0.4, -0.2) is 8.07 Å². The monoisotopic (exact) mass is 320 g/mol. The van der Waals surface area contributed by atoms with Crippen LogP contribution >= 0.6 is 0 Å². The Bertz CT molecular complexity index is 305. The summed E-state index contributed by atoms with van der Waals surface area (Å²) in [5.41, 5.74) is 0. The van der Waals surface area contributed by atoms with Crippen molar-refractivity contribution < 1.29 is 46.5 Å². The van der Waals surface area contributed by atoms with E-state index in [-0.39, 0.29) is 46.5 Å². The molecule has 0 saturated heterocycles. The molecule has 0 aliphatic carbocycles. The summed E-state index contributed by atoms with van der Waals surface area (Å²) in [5.74, 6) is 0. The second kappa shape index (κ2) is 11.3. The summed E-state index contributed by atoms with van der Waals surface area (Å²) < 4.78 is 0. The Labute approximate surface area is 133 Å². The predicted octanol–water partition coefficient (Wildman–Crippen LogP) is -2.64. The van der Waals surface area contributed by atoms with Gasteiger partial charge < -0.3 is 24.8 Å². The maximum absolute atomic E-state index is 2.36. The van der Waals surface area contributed by atoms with Gasteiger partial charge >= 0.3 is 21.7 Å². The third-order valence-electron chi connectivity index (χ3n) is 2.08. The van der Waals surface area contributed by atoms with Gasteiger partial charge in [-0.3, -0.25) is 0 Å². The molecule has 0 aliphatic heterocycles. The Morgan fingerprint density at radius 1 is 0.882 bits per heavy atom.